The van der Waals surface area contributed by atoms with Crippen LogP contribution < -0.4 is 5.32 Å². The van der Waals surface area contributed by atoms with Crippen LogP contribution in [0.25, 0.3) is 0 Å². The van der Waals surface area contributed by atoms with Gasteiger partial charge in [0.1, 0.15) is 0 Å². The van der Waals surface area contributed by atoms with Gasteiger partial charge in [0.05, 0.1) is 5.75 Å². The maximum absolute atomic E-state index is 12.0. The zero-order chi connectivity index (χ0) is 13.0. The number of nitrogens with one attached hydrogen (secondary N) is 1. The molecule has 1 aliphatic carbocycles. The molecular formula is C12H19N3O2S. The van der Waals surface area contributed by atoms with Crippen molar-refractivity contribution in [3.05, 3.63) is 30.1 Å². The van der Waals surface area contributed by atoms with Crippen molar-refractivity contribution in [1.29, 1.82) is 0 Å². The number of sulfonamides is 1. The minimum atomic E-state index is -3.18. The van der Waals surface area contributed by atoms with Crippen LogP contribution >= 0.6 is 0 Å². The van der Waals surface area contributed by atoms with E-state index in [9.17, 15) is 8.42 Å². The molecule has 0 radical (unpaired) electrons. The first-order valence-corrected chi connectivity index (χ1v) is 7.75. The van der Waals surface area contributed by atoms with E-state index in [1.807, 2.05) is 12.1 Å². The Morgan fingerprint density at radius 2 is 2.28 bits per heavy atom. The molecule has 6 heteroatoms. The second kappa shape index (κ2) is 5.77. The highest BCUT2D eigenvalue weighted by Gasteiger charge is 2.22. The van der Waals surface area contributed by atoms with Crippen LogP contribution in [0.5, 0.6) is 0 Å². The number of aromatic nitrogens is 1. The molecule has 1 aliphatic rings. The van der Waals surface area contributed by atoms with Crippen LogP contribution in [-0.4, -0.2) is 43.1 Å². The smallest absolute Gasteiger partial charge is 0.215 e. The monoisotopic (exact) mass is 269 g/mol. The van der Waals surface area contributed by atoms with Crippen molar-refractivity contribution in [3.63, 3.8) is 0 Å². The van der Waals surface area contributed by atoms with Crippen LogP contribution in [0.3, 0.4) is 0 Å². The second-order valence-corrected chi connectivity index (χ2v) is 6.86. The Morgan fingerprint density at radius 1 is 1.50 bits per heavy atom. The van der Waals surface area contributed by atoms with Gasteiger partial charge in [0, 0.05) is 38.6 Å². The van der Waals surface area contributed by atoms with E-state index in [1.54, 1.807) is 19.4 Å². The second-order valence-electron chi connectivity index (χ2n) is 4.66. The van der Waals surface area contributed by atoms with Gasteiger partial charge in [-0.2, -0.15) is 0 Å². The van der Waals surface area contributed by atoms with Gasteiger partial charge in [0.15, 0.2) is 0 Å². The Morgan fingerprint density at radius 3 is 2.89 bits per heavy atom. The maximum atomic E-state index is 12.0. The van der Waals surface area contributed by atoms with E-state index in [0.717, 1.165) is 5.56 Å². The maximum Gasteiger partial charge on any atom is 0.215 e. The summed E-state index contributed by atoms with van der Waals surface area (Å²) in [5, 5.41) is 3.21. The molecule has 0 bridgehead atoms. The fraction of sp³-hybridized carbons (Fsp3) is 0.583. The van der Waals surface area contributed by atoms with Crippen LogP contribution in [0.15, 0.2) is 24.5 Å². The van der Waals surface area contributed by atoms with Crippen LogP contribution in [0, 0.1) is 0 Å². The summed E-state index contributed by atoms with van der Waals surface area (Å²) < 4.78 is 25.4. The Balaban J connectivity index is 1.83. The first kappa shape index (κ1) is 13.5. The lowest BCUT2D eigenvalue weighted by Crippen LogP contribution is -2.34. The number of rotatable bonds is 7. The van der Waals surface area contributed by atoms with Crippen molar-refractivity contribution in [1.82, 2.24) is 14.6 Å². The van der Waals surface area contributed by atoms with E-state index in [4.69, 9.17) is 0 Å². The van der Waals surface area contributed by atoms with Crippen molar-refractivity contribution in [3.8, 4) is 0 Å². The Hall–Kier alpha value is -0.980. The molecule has 0 spiro atoms. The predicted octanol–water partition coefficient (Wildman–Crippen LogP) is 0.595. The highest BCUT2D eigenvalue weighted by atomic mass is 32.2. The zero-order valence-corrected chi connectivity index (χ0v) is 11.4. The number of hydrogen-bond donors (Lipinski definition) is 1. The van der Waals surface area contributed by atoms with Gasteiger partial charge in [-0.05, 0) is 24.5 Å². The van der Waals surface area contributed by atoms with Crippen LogP contribution in [0.2, 0.25) is 0 Å². The van der Waals surface area contributed by atoms with E-state index >= 15 is 0 Å². The fourth-order valence-corrected chi connectivity index (χ4v) is 2.72. The van der Waals surface area contributed by atoms with Gasteiger partial charge in [-0.25, -0.2) is 12.7 Å². The minimum Gasteiger partial charge on any atom is -0.313 e. The van der Waals surface area contributed by atoms with E-state index in [-0.39, 0.29) is 5.75 Å². The summed E-state index contributed by atoms with van der Waals surface area (Å²) in [5.74, 6) is 0.153. The Kier molecular flexibility index (Phi) is 4.31. The predicted molar refractivity (Wildman–Crippen MR) is 70.5 cm³/mol. The summed E-state index contributed by atoms with van der Waals surface area (Å²) in [7, 11) is -1.57. The van der Waals surface area contributed by atoms with Crippen molar-refractivity contribution < 1.29 is 8.42 Å². The lowest BCUT2D eigenvalue weighted by Gasteiger charge is -2.17. The molecule has 0 unspecified atom stereocenters. The molecule has 1 N–H and O–H groups in total. The molecule has 5 nitrogen and oxygen atoms in total. The van der Waals surface area contributed by atoms with Gasteiger partial charge in [-0.3, -0.25) is 4.98 Å². The normalized spacial score (nSPS) is 16.1. The molecule has 1 aromatic heterocycles. The molecule has 18 heavy (non-hydrogen) atoms. The SMILES string of the molecule is CN(Cc1cccnc1)S(=O)(=O)CCNC1CC1. The third kappa shape index (κ3) is 4.04. The average molecular weight is 269 g/mol. The van der Waals surface area contributed by atoms with Gasteiger partial charge in [0.25, 0.3) is 0 Å². The first-order valence-electron chi connectivity index (χ1n) is 6.14. The summed E-state index contributed by atoms with van der Waals surface area (Å²) in [6, 6.07) is 4.23. The molecule has 0 saturated heterocycles. The molecule has 0 atom stereocenters. The lowest BCUT2D eigenvalue weighted by molar-refractivity contribution is 0.464. The highest BCUT2D eigenvalue weighted by Crippen LogP contribution is 2.18. The van der Waals surface area contributed by atoms with E-state index in [2.05, 4.69) is 10.3 Å². The molecule has 1 saturated carbocycles. The molecule has 1 aromatic rings. The molecule has 2 rings (SSSR count). The molecule has 0 aliphatic heterocycles. The topological polar surface area (TPSA) is 62.3 Å². The molecule has 100 valence electrons. The standard InChI is InChI=1S/C12H19N3O2S/c1-15(10-11-3-2-6-13-9-11)18(16,17)8-7-14-12-4-5-12/h2-3,6,9,12,14H,4-5,7-8,10H2,1H3. The molecule has 0 aromatic carbocycles. The summed E-state index contributed by atoms with van der Waals surface area (Å²) >= 11 is 0. The molecule has 0 amide bonds. The average Bonchev–Trinajstić information content (AvgIpc) is 3.14. The first-order chi connectivity index (χ1) is 8.58. The quantitative estimate of drug-likeness (QED) is 0.787. The summed E-state index contributed by atoms with van der Waals surface area (Å²) in [4.78, 5) is 3.98. The van der Waals surface area contributed by atoms with E-state index < -0.39 is 10.0 Å². The van der Waals surface area contributed by atoms with Gasteiger partial charge in [0.2, 0.25) is 10.0 Å². The summed E-state index contributed by atoms with van der Waals surface area (Å²) in [5.41, 5.74) is 0.902. The number of pyridine rings is 1. The number of hydrogen-bond acceptors (Lipinski definition) is 4. The highest BCUT2D eigenvalue weighted by molar-refractivity contribution is 7.89. The van der Waals surface area contributed by atoms with Crippen molar-refractivity contribution in [2.45, 2.75) is 25.4 Å². The zero-order valence-electron chi connectivity index (χ0n) is 10.5. The van der Waals surface area contributed by atoms with Crippen LogP contribution in [0.4, 0.5) is 0 Å². The van der Waals surface area contributed by atoms with E-state index in [1.165, 1.54) is 17.1 Å². The minimum absolute atomic E-state index is 0.153. The summed E-state index contributed by atoms with van der Waals surface area (Å²) in [6.45, 7) is 0.907. The van der Waals surface area contributed by atoms with Gasteiger partial charge >= 0.3 is 0 Å². The summed E-state index contributed by atoms with van der Waals surface area (Å²) in [6.07, 6.45) is 5.71. The number of nitrogens with zero attached hydrogens (tertiary/aromatic N) is 2. The van der Waals surface area contributed by atoms with Crippen LogP contribution in [0.1, 0.15) is 18.4 Å². The third-order valence-corrected chi connectivity index (χ3v) is 4.77. The largest absolute Gasteiger partial charge is 0.313 e. The molecule has 1 fully saturated rings. The molecular weight excluding hydrogens is 250 g/mol. The Labute approximate surface area is 108 Å². The third-order valence-electron chi connectivity index (χ3n) is 2.97. The van der Waals surface area contributed by atoms with Gasteiger partial charge < -0.3 is 5.32 Å². The fourth-order valence-electron chi connectivity index (χ4n) is 1.68. The van der Waals surface area contributed by atoms with Gasteiger partial charge in [-0.15, -0.1) is 0 Å². The van der Waals surface area contributed by atoms with Crippen molar-refractivity contribution in [2.24, 2.45) is 0 Å². The van der Waals surface area contributed by atoms with Gasteiger partial charge in [-0.1, -0.05) is 6.07 Å². The Bertz CT molecular complexity index is 471. The van der Waals surface area contributed by atoms with Crippen molar-refractivity contribution >= 4 is 10.0 Å². The van der Waals surface area contributed by atoms with Crippen LogP contribution in [-0.2, 0) is 16.6 Å². The van der Waals surface area contributed by atoms with E-state index in [0.29, 0.717) is 19.1 Å². The lowest BCUT2D eigenvalue weighted by atomic mass is 10.3. The molecule has 1 heterocycles. The van der Waals surface area contributed by atoms with Crippen molar-refractivity contribution in [2.75, 3.05) is 19.3 Å².